The number of rotatable bonds is 3. The van der Waals surface area contributed by atoms with Crippen LogP contribution in [0.5, 0.6) is 0 Å². The van der Waals surface area contributed by atoms with Crippen molar-refractivity contribution in [1.29, 1.82) is 0 Å². The first-order valence-electron chi connectivity index (χ1n) is 5.15. The summed E-state index contributed by atoms with van der Waals surface area (Å²) in [4.78, 5) is 23.6. The molecule has 1 aliphatic rings. The number of carbonyl (C=O) groups excluding carboxylic acids is 1. The van der Waals surface area contributed by atoms with Crippen LogP contribution in [0.25, 0.3) is 0 Å². The minimum atomic E-state index is -0.825. The molecule has 2 N–H and O–H groups in total. The van der Waals surface area contributed by atoms with Crippen LogP contribution >= 0.6 is 0 Å². The van der Waals surface area contributed by atoms with Gasteiger partial charge in [0.2, 0.25) is 0 Å². The number of hydrogen-bond acceptors (Lipinski definition) is 2. The van der Waals surface area contributed by atoms with E-state index in [1.165, 1.54) is 4.90 Å². The molecule has 0 aromatic rings. The largest absolute Gasteiger partial charge is 0.481 e. The van der Waals surface area contributed by atoms with Gasteiger partial charge in [0.25, 0.3) is 0 Å². The third-order valence-electron chi connectivity index (χ3n) is 2.85. The van der Waals surface area contributed by atoms with Gasteiger partial charge >= 0.3 is 12.0 Å². The van der Waals surface area contributed by atoms with Gasteiger partial charge in [-0.1, -0.05) is 6.92 Å². The van der Waals surface area contributed by atoms with Gasteiger partial charge in [-0.2, -0.15) is 0 Å². The molecule has 0 unspecified atom stereocenters. The first-order valence-corrected chi connectivity index (χ1v) is 5.15. The minimum Gasteiger partial charge on any atom is -0.481 e. The summed E-state index contributed by atoms with van der Waals surface area (Å²) in [5.74, 6) is -1.21. The molecule has 86 valence electrons. The average molecular weight is 214 g/mol. The highest BCUT2D eigenvalue weighted by Gasteiger charge is 2.36. The van der Waals surface area contributed by atoms with Gasteiger partial charge in [0.05, 0.1) is 5.92 Å². The third-order valence-corrected chi connectivity index (χ3v) is 2.85. The van der Waals surface area contributed by atoms with Crippen molar-refractivity contribution < 1.29 is 14.7 Å². The lowest BCUT2D eigenvalue weighted by Gasteiger charge is -2.39. The number of nitrogens with one attached hydrogen (secondary N) is 1. The Hall–Kier alpha value is -1.26. The minimum absolute atomic E-state index is 0.167. The van der Waals surface area contributed by atoms with Crippen LogP contribution in [0.15, 0.2) is 0 Å². The topological polar surface area (TPSA) is 69.6 Å². The lowest BCUT2D eigenvalue weighted by molar-refractivity contribution is -0.146. The zero-order chi connectivity index (χ0) is 11.6. The van der Waals surface area contributed by atoms with Crippen molar-refractivity contribution >= 4 is 12.0 Å². The van der Waals surface area contributed by atoms with Crippen LogP contribution in [0.1, 0.15) is 27.2 Å². The normalized spacial score (nSPS) is 17.1. The van der Waals surface area contributed by atoms with E-state index in [0.717, 1.165) is 6.42 Å². The molecule has 1 fully saturated rings. The van der Waals surface area contributed by atoms with Gasteiger partial charge in [0.15, 0.2) is 0 Å². The third kappa shape index (κ3) is 2.84. The second kappa shape index (κ2) is 4.08. The molecule has 5 nitrogen and oxygen atoms in total. The van der Waals surface area contributed by atoms with Crippen molar-refractivity contribution in [3.63, 3.8) is 0 Å². The molecule has 5 heteroatoms. The van der Waals surface area contributed by atoms with Gasteiger partial charge in [-0.15, -0.1) is 0 Å². The Morgan fingerprint density at radius 2 is 2.00 bits per heavy atom. The summed E-state index contributed by atoms with van der Waals surface area (Å²) in [6.45, 7) is 6.52. The van der Waals surface area contributed by atoms with Crippen LogP contribution in [0, 0.1) is 5.92 Å². The fraction of sp³-hybridized carbons (Fsp3) is 0.800. The molecule has 0 radical (unpaired) electrons. The van der Waals surface area contributed by atoms with Crippen molar-refractivity contribution in [2.75, 3.05) is 13.1 Å². The molecule has 1 aliphatic heterocycles. The van der Waals surface area contributed by atoms with E-state index in [-0.39, 0.29) is 17.5 Å². The predicted molar refractivity (Wildman–Crippen MR) is 55.6 cm³/mol. The smallest absolute Gasteiger partial charge is 0.317 e. The number of nitrogens with zero attached hydrogens (tertiary/aromatic N) is 1. The van der Waals surface area contributed by atoms with E-state index in [1.807, 2.05) is 20.8 Å². The highest BCUT2D eigenvalue weighted by atomic mass is 16.4. The van der Waals surface area contributed by atoms with Crippen molar-refractivity contribution in [3.05, 3.63) is 0 Å². The number of likely N-dealkylation sites (tertiary alicyclic amines) is 1. The van der Waals surface area contributed by atoms with E-state index in [1.54, 1.807) is 0 Å². The summed E-state index contributed by atoms with van der Waals surface area (Å²) in [6, 6.07) is -0.167. The number of urea groups is 1. The molecule has 1 heterocycles. The van der Waals surface area contributed by atoms with Crippen LogP contribution in [0.2, 0.25) is 0 Å². The Morgan fingerprint density at radius 3 is 2.40 bits per heavy atom. The molecule has 0 aliphatic carbocycles. The number of carboxylic acid groups (broad SMARTS) is 1. The van der Waals surface area contributed by atoms with Gasteiger partial charge in [0, 0.05) is 18.6 Å². The zero-order valence-corrected chi connectivity index (χ0v) is 9.41. The van der Waals surface area contributed by atoms with E-state index >= 15 is 0 Å². The first kappa shape index (κ1) is 11.8. The molecule has 0 atom stereocenters. The molecule has 0 aromatic carbocycles. The van der Waals surface area contributed by atoms with Gasteiger partial charge < -0.3 is 15.3 Å². The number of hydrogen-bond donors (Lipinski definition) is 2. The molecular formula is C10H18N2O3. The number of aliphatic carboxylic acids is 1. The standard InChI is InChI=1S/C10H18N2O3/c1-4-10(2,3)11-9(15)12-5-7(6-12)8(13)14/h7H,4-6H2,1-3H3,(H,11,15)(H,13,14). The average Bonchev–Trinajstić information content (AvgIpc) is 1.99. The van der Waals surface area contributed by atoms with Gasteiger partial charge in [-0.25, -0.2) is 4.79 Å². The maximum Gasteiger partial charge on any atom is 0.317 e. The van der Waals surface area contributed by atoms with E-state index in [4.69, 9.17) is 5.11 Å². The zero-order valence-electron chi connectivity index (χ0n) is 9.41. The molecule has 0 spiro atoms. The van der Waals surface area contributed by atoms with E-state index in [2.05, 4.69) is 5.32 Å². The Labute approximate surface area is 89.4 Å². The number of carbonyl (C=O) groups is 2. The first-order chi connectivity index (χ1) is 6.85. The number of carboxylic acids is 1. The molecule has 0 bridgehead atoms. The monoisotopic (exact) mass is 214 g/mol. The molecule has 0 aromatic heterocycles. The summed E-state index contributed by atoms with van der Waals surface area (Å²) in [5, 5.41) is 11.5. The van der Waals surface area contributed by atoms with Gasteiger partial charge in [-0.05, 0) is 20.3 Å². The van der Waals surface area contributed by atoms with Crippen LogP contribution in [0.3, 0.4) is 0 Å². The van der Waals surface area contributed by atoms with E-state index in [9.17, 15) is 9.59 Å². The highest BCUT2D eigenvalue weighted by molar-refractivity contribution is 5.80. The summed E-state index contributed by atoms with van der Waals surface area (Å²) < 4.78 is 0. The van der Waals surface area contributed by atoms with Gasteiger partial charge in [0.1, 0.15) is 0 Å². The van der Waals surface area contributed by atoms with Crippen molar-refractivity contribution in [1.82, 2.24) is 10.2 Å². The Kier molecular flexibility index (Phi) is 3.21. The fourth-order valence-electron chi connectivity index (χ4n) is 1.26. The lowest BCUT2D eigenvalue weighted by atomic mass is 10.00. The maximum atomic E-state index is 11.6. The van der Waals surface area contributed by atoms with Crippen molar-refractivity contribution in [3.8, 4) is 0 Å². The summed E-state index contributed by atoms with van der Waals surface area (Å²) in [6.07, 6.45) is 0.842. The van der Waals surface area contributed by atoms with E-state index < -0.39 is 5.97 Å². The van der Waals surface area contributed by atoms with Gasteiger partial charge in [-0.3, -0.25) is 4.79 Å². The van der Waals surface area contributed by atoms with Crippen LogP contribution in [0.4, 0.5) is 4.79 Å². The molecule has 1 rings (SSSR count). The van der Waals surface area contributed by atoms with E-state index in [0.29, 0.717) is 13.1 Å². The van der Waals surface area contributed by atoms with Crippen LogP contribution in [-0.4, -0.2) is 40.6 Å². The fourth-order valence-corrected chi connectivity index (χ4v) is 1.26. The second-order valence-corrected chi connectivity index (χ2v) is 4.61. The molecule has 0 saturated carbocycles. The highest BCUT2D eigenvalue weighted by Crippen LogP contribution is 2.17. The maximum absolute atomic E-state index is 11.6. The summed E-state index contributed by atoms with van der Waals surface area (Å²) in [5.41, 5.74) is -0.231. The second-order valence-electron chi connectivity index (χ2n) is 4.61. The number of amides is 2. The predicted octanol–water partition coefficient (Wildman–Crippen LogP) is 0.901. The molecular weight excluding hydrogens is 196 g/mol. The van der Waals surface area contributed by atoms with Crippen LogP contribution < -0.4 is 5.32 Å². The Balaban J connectivity index is 2.36. The molecule has 1 saturated heterocycles. The van der Waals surface area contributed by atoms with Crippen molar-refractivity contribution in [2.45, 2.75) is 32.7 Å². The Morgan fingerprint density at radius 1 is 1.47 bits per heavy atom. The SMILES string of the molecule is CCC(C)(C)NC(=O)N1CC(C(=O)O)C1. The quantitative estimate of drug-likeness (QED) is 0.733. The molecule has 15 heavy (non-hydrogen) atoms. The van der Waals surface area contributed by atoms with Crippen molar-refractivity contribution in [2.24, 2.45) is 5.92 Å². The lowest BCUT2D eigenvalue weighted by Crippen LogP contribution is -2.59. The molecule has 2 amide bonds. The van der Waals surface area contributed by atoms with Crippen LogP contribution in [-0.2, 0) is 4.79 Å². The summed E-state index contributed by atoms with van der Waals surface area (Å²) in [7, 11) is 0. The Bertz CT molecular complexity index is 270. The summed E-state index contributed by atoms with van der Waals surface area (Å²) >= 11 is 0.